The number of carbonyl (C=O) groups is 2. The quantitative estimate of drug-likeness (QED) is 0.0127. The van der Waals surface area contributed by atoms with Crippen LogP contribution in [0.25, 0.3) is 0 Å². The molecule has 0 aromatic heterocycles. The van der Waals surface area contributed by atoms with E-state index in [1.807, 2.05) is 34.0 Å². The van der Waals surface area contributed by atoms with E-state index >= 15 is 0 Å². The van der Waals surface area contributed by atoms with Crippen LogP contribution in [0.1, 0.15) is 179 Å². The molecule has 12 unspecified atom stereocenters. The van der Waals surface area contributed by atoms with E-state index < -0.39 is 11.9 Å². The first-order valence-electron chi connectivity index (χ1n) is 27.9. The van der Waals surface area contributed by atoms with Crippen molar-refractivity contribution in [1.82, 2.24) is 0 Å². The third-order valence-electron chi connectivity index (χ3n) is 14.8. The minimum absolute atomic E-state index is 0.0757. The van der Waals surface area contributed by atoms with E-state index in [-0.39, 0.29) is 45.1 Å². The van der Waals surface area contributed by atoms with Crippen LogP contribution in [0.2, 0.25) is 0 Å². The fourth-order valence-electron chi connectivity index (χ4n) is 9.47. The molecule has 0 radical (unpaired) electrons. The second kappa shape index (κ2) is 51.8. The van der Waals surface area contributed by atoms with Crippen molar-refractivity contribution in [3.05, 3.63) is 109 Å². The Morgan fingerprint density at radius 3 is 1.56 bits per heavy atom. The van der Waals surface area contributed by atoms with Gasteiger partial charge in [0, 0.05) is 33.0 Å². The maximum atomic E-state index is 11.5. The van der Waals surface area contributed by atoms with Crippen molar-refractivity contribution in [2.24, 2.45) is 58.7 Å². The normalized spacial score (nSPS) is 15.3. The van der Waals surface area contributed by atoms with Crippen LogP contribution in [0.15, 0.2) is 97.6 Å². The Kier molecular flexibility index (Phi) is 52.7. The van der Waals surface area contributed by atoms with Crippen molar-refractivity contribution in [3.63, 3.8) is 0 Å². The zero-order valence-electron chi connectivity index (χ0n) is 48.1. The molecule has 2 aromatic carbocycles. The summed E-state index contributed by atoms with van der Waals surface area (Å²) in [4.78, 5) is 31.9. The molecule has 0 bridgehead atoms. The summed E-state index contributed by atoms with van der Waals surface area (Å²) in [6.45, 7) is 26.2. The summed E-state index contributed by atoms with van der Waals surface area (Å²) in [7, 11) is 4.31. The van der Waals surface area contributed by atoms with Gasteiger partial charge in [0.1, 0.15) is 0 Å². The Morgan fingerprint density at radius 1 is 0.640 bits per heavy atom. The molecule has 11 nitrogen and oxygen atoms in total. The van der Waals surface area contributed by atoms with E-state index in [0.29, 0.717) is 71.3 Å². The molecule has 0 aliphatic heterocycles. The van der Waals surface area contributed by atoms with Gasteiger partial charge in [0.05, 0.1) is 17.7 Å². The minimum atomic E-state index is -0.708. The van der Waals surface area contributed by atoms with E-state index in [0.717, 1.165) is 83.5 Å². The molecule has 0 spiro atoms. The van der Waals surface area contributed by atoms with Crippen LogP contribution >= 0.6 is 18.4 Å². The fourth-order valence-corrected chi connectivity index (χ4v) is 9.47. The van der Waals surface area contributed by atoms with Crippen molar-refractivity contribution in [2.75, 3.05) is 46.3 Å². The molecular weight excluding hydrogens is 981 g/mol. The minimum Gasteiger partial charge on any atom is -0.242 e. The van der Waals surface area contributed by atoms with Crippen molar-refractivity contribution < 1.29 is 54.7 Å². The van der Waals surface area contributed by atoms with Gasteiger partial charge < -0.3 is 30.6 Å². The summed E-state index contributed by atoms with van der Waals surface area (Å²) in [6.07, 6.45) is 26.6. The van der Waals surface area contributed by atoms with Gasteiger partial charge >= 0.3 is 32.6 Å². The van der Waals surface area contributed by atoms with Crippen molar-refractivity contribution >= 4 is 37.2 Å². The van der Waals surface area contributed by atoms with E-state index in [2.05, 4.69) is 87.1 Å². The molecular formula is C61H107BO11P2. The third kappa shape index (κ3) is 38.3. The predicted octanol–water partition coefficient (Wildman–Crippen LogP) is 13.1. The summed E-state index contributed by atoms with van der Waals surface area (Å²) in [5.41, 5.74) is 0.560. The molecule has 0 heterocycles. The number of aliphatic hydroxyl groups is 6. The van der Waals surface area contributed by atoms with E-state index in [4.69, 9.17) is 14.9 Å². The number of rotatable bonds is 35. The molecule has 0 aliphatic rings. The third-order valence-corrected chi connectivity index (χ3v) is 14.8. The smallest absolute Gasteiger partial charge is 0.242 e. The van der Waals surface area contributed by atoms with Gasteiger partial charge in [-0.3, -0.25) is 0 Å². The van der Waals surface area contributed by atoms with Gasteiger partial charge in [0.2, 0.25) is 0 Å². The van der Waals surface area contributed by atoms with Crippen molar-refractivity contribution in [3.8, 4) is 0 Å². The zero-order valence-corrected chi connectivity index (χ0v) is 50.4. The Morgan fingerprint density at radius 2 is 1.13 bits per heavy atom. The average molecular weight is 1090 g/mol. The van der Waals surface area contributed by atoms with E-state index in [9.17, 15) is 30.0 Å². The number of benzene rings is 2. The molecule has 14 heteroatoms. The number of hydrogen-bond donors (Lipinski definition) is 6. The standard InChI is InChI=1S/C33H68O4.C14H10O4.C13H22O2.CH5P.BH2OP/c1-9-30(22-28(6)26(4)16-20-35)12-11-18-33(8,24-37)32(10-2)31(14-13-25(3)15-19-34)23-29(7)27(5)17-21-36;15-13(11-7-3-1-4-8-11)17-18-14(16)12-9-5-2-6-10-12;1-2-13(9-5-3-7-11-14)10-6-4-8-12-15;1-2;2-1-3/h25-32,34-37H,9-24H2,1-8H3;1-10H;2-5,8,13-15H,1,6-7,9-12H2;2H2,1H3;3H2/b;;5-3+,8-4-;;. The zero-order chi connectivity index (χ0) is 57.3. The predicted molar refractivity (Wildman–Crippen MR) is 320 cm³/mol. The number of hydrogen-bond acceptors (Lipinski definition) is 11. The number of allylic oxidation sites excluding steroid dienone is 3. The Labute approximate surface area is 461 Å². The molecule has 0 aliphatic carbocycles. The Hall–Kier alpha value is -2.92. The van der Waals surface area contributed by atoms with Crippen LogP contribution in [0.5, 0.6) is 0 Å². The second-order valence-electron chi connectivity index (χ2n) is 20.4. The first-order valence-corrected chi connectivity index (χ1v) is 29.7. The van der Waals surface area contributed by atoms with Crippen LogP contribution in [-0.2, 0) is 14.5 Å². The van der Waals surface area contributed by atoms with Crippen LogP contribution < -0.4 is 0 Å². The fraction of sp³-hybridized carbons (Fsp3) is 0.672. The maximum Gasteiger partial charge on any atom is 0.386 e. The molecule has 2 aromatic rings. The Bertz CT molecular complexity index is 1640. The monoisotopic (exact) mass is 1090 g/mol. The molecule has 0 saturated heterocycles. The van der Waals surface area contributed by atoms with Crippen LogP contribution in [0.3, 0.4) is 0 Å². The molecule has 0 amide bonds. The molecule has 0 saturated carbocycles. The molecule has 2 rings (SSSR count). The first-order chi connectivity index (χ1) is 36.1. The van der Waals surface area contributed by atoms with Crippen molar-refractivity contribution in [2.45, 2.75) is 158 Å². The molecule has 430 valence electrons. The molecule has 0 fully saturated rings. The Balaban J connectivity index is -0.00000112. The summed E-state index contributed by atoms with van der Waals surface area (Å²) in [6, 6.07) is 16.6. The van der Waals surface area contributed by atoms with Crippen LogP contribution in [0, 0.1) is 58.7 Å². The SMILES string of the molecule is C=CC(C/C=C/CCO)CC/C=C\CO.CCC(CCCC(C)(CO)C(CC)C(CCC(C)CCO)CC(C)C(C)CCO)CC(C)C(C)CCO.CP.O=BP.O=C(OOC(=O)c1ccccc1)c1ccccc1. The maximum absolute atomic E-state index is 11.5. The van der Waals surface area contributed by atoms with E-state index in [1.54, 1.807) is 66.7 Å². The summed E-state index contributed by atoms with van der Waals surface area (Å²) < 4.78 is 8.77. The number of aliphatic hydroxyl groups excluding tert-OH is 6. The van der Waals surface area contributed by atoms with Gasteiger partial charge in [-0.1, -0.05) is 161 Å². The van der Waals surface area contributed by atoms with Gasteiger partial charge in [0.25, 0.3) is 0 Å². The van der Waals surface area contributed by atoms with Gasteiger partial charge in [-0.25, -0.2) is 19.4 Å². The molecule has 12 atom stereocenters. The second-order valence-corrected chi connectivity index (χ2v) is 20.7. The summed E-state index contributed by atoms with van der Waals surface area (Å²) in [5, 5.41) is 56.1. The van der Waals surface area contributed by atoms with Crippen LogP contribution in [-0.4, -0.2) is 95.8 Å². The number of carbonyl (C=O) groups excluding carboxylic acids is 2. The first kappa shape index (κ1) is 76.3. The van der Waals surface area contributed by atoms with Crippen LogP contribution in [0.4, 0.5) is 0 Å². The van der Waals surface area contributed by atoms with Gasteiger partial charge in [0.15, 0.2) is 0 Å². The molecule has 75 heavy (non-hydrogen) atoms. The largest absolute Gasteiger partial charge is 0.386 e. The average Bonchev–Trinajstić information content (AvgIpc) is 3.42. The van der Waals surface area contributed by atoms with Gasteiger partial charge in [-0.05, 0) is 154 Å². The van der Waals surface area contributed by atoms with Gasteiger partial charge in [-0.2, -0.15) is 0 Å². The summed E-state index contributed by atoms with van der Waals surface area (Å²) in [5.74, 6) is 3.60. The molecule has 6 N–H and O–H groups in total. The van der Waals surface area contributed by atoms with E-state index in [1.165, 1.54) is 19.3 Å². The van der Waals surface area contributed by atoms with Crippen molar-refractivity contribution in [1.29, 1.82) is 0 Å². The topological polar surface area (TPSA) is 191 Å². The van der Waals surface area contributed by atoms with Gasteiger partial charge in [-0.15, -0.1) is 15.8 Å². The summed E-state index contributed by atoms with van der Waals surface area (Å²) >= 11 is 0.